The Morgan fingerprint density at radius 2 is 2.00 bits per heavy atom. The maximum absolute atomic E-state index is 11.8. The molecule has 0 atom stereocenters. The number of oxazole rings is 1. The first-order valence-electron chi connectivity index (χ1n) is 7.18. The Bertz CT molecular complexity index is 669. The second kappa shape index (κ2) is 7.92. The van der Waals surface area contributed by atoms with Crippen molar-refractivity contribution < 1.29 is 18.7 Å². The summed E-state index contributed by atoms with van der Waals surface area (Å²) in [6, 6.07) is 3.66. The second-order valence-electron chi connectivity index (χ2n) is 4.68. The molecule has 0 unspecified atom stereocenters. The van der Waals surface area contributed by atoms with Gasteiger partial charge in [-0.25, -0.2) is 4.98 Å². The lowest BCUT2D eigenvalue weighted by Crippen LogP contribution is -2.41. The van der Waals surface area contributed by atoms with Crippen LogP contribution >= 0.6 is 0 Å². The van der Waals surface area contributed by atoms with Gasteiger partial charge in [-0.1, -0.05) is 0 Å². The van der Waals surface area contributed by atoms with Crippen molar-refractivity contribution in [1.29, 1.82) is 0 Å². The maximum atomic E-state index is 11.8. The summed E-state index contributed by atoms with van der Waals surface area (Å²) in [5.74, 6) is -0.929. The Labute approximate surface area is 133 Å². The summed E-state index contributed by atoms with van der Waals surface area (Å²) in [6.07, 6.45) is 4.11. The number of aromatic nitrogens is 2. The van der Waals surface area contributed by atoms with Gasteiger partial charge < -0.3 is 9.15 Å². The van der Waals surface area contributed by atoms with E-state index in [4.69, 9.17) is 9.15 Å². The fraction of sp³-hybridized carbons (Fsp3) is 0.333. The molecule has 0 bridgehead atoms. The van der Waals surface area contributed by atoms with E-state index < -0.39 is 5.91 Å². The van der Waals surface area contributed by atoms with E-state index in [9.17, 15) is 9.59 Å². The number of aryl methyl sites for hydroxylation is 2. The van der Waals surface area contributed by atoms with Gasteiger partial charge in [0.2, 0.25) is 5.91 Å². The van der Waals surface area contributed by atoms with E-state index in [1.807, 2.05) is 12.1 Å². The van der Waals surface area contributed by atoms with Crippen LogP contribution in [-0.4, -0.2) is 28.4 Å². The minimum atomic E-state index is -0.642. The van der Waals surface area contributed by atoms with E-state index in [0.717, 1.165) is 5.56 Å². The second-order valence-corrected chi connectivity index (χ2v) is 4.68. The number of pyridine rings is 1. The molecular formula is C15H18N4O4. The lowest BCUT2D eigenvalue weighted by Gasteiger charge is -2.05. The number of carbonyl (C=O) groups excluding carboxylic acids is 2. The van der Waals surface area contributed by atoms with Crippen molar-refractivity contribution in [3.63, 3.8) is 0 Å². The molecule has 0 aliphatic heterocycles. The molecule has 2 rings (SSSR count). The number of hydrazine groups is 1. The van der Waals surface area contributed by atoms with Crippen molar-refractivity contribution in [2.45, 2.75) is 26.7 Å². The fourth-order valence-corrected chi connectivity index (χ4v) is 1.79. The van der Waals surface area contributed by atoms with Gasteiger partial charge in [0.25, 0.3) is 5.89 Å². The summed E-state index contributed by atoms with van der Waals surface area (Å²) in [7, 11) is 0. The SMILES string of the molecule is CCOc1oc(C(=O)NNC(=O)CCc2ccncc2)nc1C. The third-order valence-corrected chi connectivity index (χ3v) is 2.93. The topological polar surface area (TPSA) is 106 Å². The lowest BCUT2D eigenvalue weighted by atomic mass is 10.1. The molecule has 2 aromatic rings. The summed E-state index contributed by atoms with van der Waals surface area (Å²) in [5.41, 5.74) is 6.04. The summed E-state index contributed by atoms with van der Waals surface area (Å²) >= 11 is 0. The van der Waals surface area contributed by atoms with Gasteiger partial charge in [-0.05, 0) is 38.0 Å². The molecule has 0 saturated heterocycles. The molecule has 0 radical (unpaired) electrons. The van der Waals surface area contributed by atoms with Crippen molar-refractivity contribution in [2.24, 2.45) is 0 Å². The van der Waals surface area contributed by atoms with E-state index in [0.29, 0.717) is 18.7 Å². The summed E-state index contributed by atoms with van der Waals surface area (Å²) in [6.45, 7) is 3.87. The molecule has 0 aliphatic carbocycles. The Morgan fingerprint density at radius 3 is 2.70 bits per heavy atom. The fourth-order valence-electron chi connectivity index (χ4n) is 1.79. The first-order chi connectivity index (χ1) is 11.1. The van der Waals surface area contributed by atoms with E-state index in [1.165, 1.54) is 0 Å². The maximum Gasteiger partial charge on any atom is 0.325 e. The van der Waals surface area contributed by atoms with Crippen molar-refractivity contribution in [3.8, 4) is 5.95 Å². The smallest absolute Gasteiger partial charge is 0.325 e. The van der Waals surface area contributed by atoms with Gasteiger partial charge in [0.1, 0.15) is 5.69 Å². The standard InChI is InChI=1S/C15H18N4O4/c1-3-22-15-10(2)17-14(23-15)13(21)19-18-12(20)5-4-11-6-8-16-9-7-11/h6-9H,3-5H2,1-2H3,(H,18,20)(H,19,21). The normalized spacial score (nSPS) is 10.2. The monoisotopic (exact) mass is 318 g/mol. The molecule has 0 fully saturated rings. The Morgan fingerprint density at radius 1 is 1.26 bits per heavy atom. The van der Waals surface area contributed by atoms with Crippen LogP contribution in [0.15, 0.2) is 28.9 Å². The van der Waals surface area contributed by atoms with Crippen molar-refractivity contribution in [3.05, 3.63) is 41.7 Å². The first kappa shape index (κ1) is 16.5. The molecule has 8 nitrogen and oxygen atoms in total. The van der Waals surface area contributed by atoms with Gasteiger partial charge in [-0.15, -0.1) is 0 Å². The minimum Gasteiger partial charge on any atom is -0.464 e. The molecular weight excluding hydrogens is 300 g/mol. The van der Waals surface area contributed by atoms with E-state index in [2.05, 4.69) is 20.8 Å². The van der Waals surface area contributed by atoms with Gasteiger partial charge in [-0.3, -0.25) is 25.4 Å². The number of rotatable bonds is 6. The Balaban J connectivity index is 1.79. The summed E-state index contributed by atoms with van der Waals surface area (Å²) in [4.78, 5) is 31.4. The third-order valence-electron chi connectivity index (χ3n) is 2.93. The van der Waals surface area contributed by atoms with Crippen LogP contribution in [0, 0.1) is 6.92 Å². The molecule has 0 spiro atoms. The molecule has 0 saturated carbocycles. The summed E-state index contributed by atoms with van der Waals surface area (Å²) in [5, 5.41) is 0. The highest BCUT2D eigenvalue weighted by atomic mass is 16.6. The van der Waals surface area contributed by atoms with Gasteiger partial charge in [0.15, 0.2) is 0 Å². The molecule has 2 heterocycles. The lowest BCUT2D eigenvalue weighted by molar-refractivity contribution is -0.121. The third kappa shape index (κ3) is 4.80. The number of amides is 2. The Kier molecular flexibility index (Phi) is 5.67. The average molecular weight is 318 g/mol. The predicted molar refractivity (Wildman–Crippen MR) is 80.6 cm³/mol. The number of nitrogens with one attached hydrogen (secondary N) is 2. The highest BCUT2D eigenvalue weighted by molar-refractivity contribution is 5.91. The molecule has 2 N–H and O–H groups in total. The van der Waals surface area contributed by atoms with Crippen LogP contribution in [-0.2, 0) is 11.2 Å². The van der Waals surface area contributed by atoms with E-state index >= 15 is 0 Å². The number of hydrogen-bond donors (Lipinski definition) is 2. The van der Waals surface area contributed by atoms with Crippen molar-refractivity contribution in [2.75, 3.05) is 6.61 Å². The van der Waals surface area contributed by atoms with Crippen LogP contribution in [0.3, 0.4) is 0 Å². The highest BCUT2D eigenvalue weighted by Crippen LogP contribution is 2.18. The number of hydrogen-bond acceptors (Lipinski definition) is 6. The zero-order chi connectivity index (χ0) is 16.7. The average Bonchev–Trinajstić information content (AvgIpc) is 2.93. The molecule has 8 heteroatoms. The quantitative estimate of drug-likeness (QED) is 0.774. The highest BCUT2D eigenvalue weighted by Gasteiger charge is 2.17. The van der Waals surface area contributed by atoms with Crippen molar-refractivity contribution in [1.82, 2.24) is 20.8 Å². The van der Waals surface area contributed by atoms with Gasteiger partial charge in [0, 0.05) is 18.8 Å². The molecule has 0 aliphatic rings. The van der Waals surface area contributed by atoms with Crippen LogP contribution in [0.4, 0.5) is 0 Å². The van der Waals surface area contributed by atoms with Crippen LogP contribution in [0.5, 0.6) is 5.95 Å². The zero-order valence-corrected chi connectivity index (χ0v) is 13.0. The van der Waals surface area contributed by atoms with Crippen LogP contribution < -0.4 is 15.6 Å². The summed E-state index contributed by atoms with van der Waals surface area (Å²) < 4.78 is 10.4. The molecule has 122 valence electrons. The molecule has 0 aromatic carbocycles. The number of ether oxygens (including phenoxy) is 1. The largest absolute Gasteiger partial charge is 0.464 e. The predicted octanol–water partition coefficient (Wildman–Crippen LogP) is 1.17. The van der Waals surface area contributed by atoms with Gasteiger partial charge in [0.05, 0.1) is 6.61 Å². The molecule has 23 heavy (non-hydrogen) atoms. The minimum absolute atomic E-state index is 0.166. The van der Waals surface area contributed by atoms with Crippen LogP contribution in [0.2, 0.25) is 0 Å². The van der Waals surface area contributed by atoms with Gasteiger partial charge in [-0.2, -0.15) is 0 Å². The molecule has 2 amide bonds. The van der Waals surface area contributed by atoms with E-state index in [1.54, 1.807) is 26.2 Å². The Hall–Kier alpha value is -2.90. The first-order valence-corrected chi connectivity index (χ1v) is 7.18. The zero-order valence-electron chi connectivity index (χ0n) is 13.0. The van der Waals surface area contributed by atoms with Crippen LogP contribution in [0.25, 0.3) is 0 Å². The molecule has 2 aromatic heterocycles. The number of nitrogens with zero attached hydrogens (tertiary/aromatic N) is 2. The van der Waals surface area contributed by atoms with Crippen LogP contribution in [0.1, 0.15) is 35.3 Å². The van der Waals surface area contributed by atoms with E-state index in [-0.39, 0.29) is 24.2 Å². The van der Waals surface area contributed by atoms with Crippen molar-refractivity contribution >= 4 is 11.8 Å². The van der Waals surface area contributed by atoms with Gasteiger partial charge >= 0.3 is 11.9 Å². The number of carbonyl (C=O) groups is 2.